The molecule has 0 radical (unpaired) electrons. The van der Waals surface area contributed by atoms with Crippen molar-refractivity contribution in [1.82, 2.24) is 14.5 Å². The summed E-state index contributed by atoms with van der Waals surface area (Å²) in [7, 11) is 2.05. The molecule has 0 aliphatic carbocycles. The van der Waals surface area contributed by atoms with E-state index in [1.807, 2.05) is 35.2 Å². The molecular weight excluding hydrogens is 330 g/mol. The molecule has 128 valence electrons. The lowest BCUT2D eigenvalue weighted by atomic mass is 10.1. The summed E-state index contributed by atoms with van der Waals surface area (Å²) in [6, 6.07) is 16.2. The number of fused-ring (bicyclic) bond motifs is 1. The molecule has 1 aromatic heterocycles. The number of benzene rings is 2. The first-order chi connectivity index (χ1) is 12.2. The van der Waals surface area contributed by atoms with Crippen molar-refractivity contribution in [2.24, 2.45) is 7.05 Å². The Kier molecular flexibility index (Phi) is 4.49. The zero-order valence-corrected chi connectivity index (χ0v) is 15.1. The summed E-state index contributed by atoms with van der Waals surface area (Å²) in [6.45, 7) is 1.78. The van der Waals surface area contributed by atoms with Gasteiger partial charge in [0.1, 0.15) is 0 Å². The van der Waals surface area contributed by atoms with Gasteiger partial charge in [-0.15, -0.1) is 0 Å². The van der Waals surface area contributed by atoms with E-state index >= 15 is 0 Å². The van der Waals surface area contributed by atoms with Crippen LogP contribution in [0.25, 0.3) is 11.0 Å². The van der Waals surface area contributed by atoms with Crippen LogP contribution in [0, 0.1) is 0 Å². The van der Waals surface area contributed by atoms with Gasteiger partial charge in [0.2, 0.25) is 0 Å². The van der Waals surface area contributed by atoms with Gasteiger partial charge in [-0.2, -0.15) is 0 Å². The maximum Gasteiger partial charge on any atom is 0.253 e. The standard InChI is InChI=1S/C20H21N3OS/c1-22-18-7-3-2-6-17(18)21-20(22)25-14-15-8-10-16(11-9-15)19(24)23-12-4-5-13-23/h2-3,6-11H,4-5,12-14H2,1H3. The second-order valence-electron chi connectivity index (χ2n) is 6.43. The van der Waals surface area contributed by atoms with Crippen LogP contribution in [0.3, 0.4) is 0 Å². The lowest BCUT2D eigenvalue weighted by Crippen LogP contribution is -2.27. The molecule has 1 amide bonds. The molecule has 25 heavy (non-hydrogen) atoms. The summed E-state index contributed by atoms with van der Waals surface area (Å²) in [5.74, 6) is 1.00. The van der Waals surface area contributed by atoms with E-state index in [-0.39, 0.29) is 5.91 Å². The summed E-state index contributed by atoms with van der Waals surface area (Å²) in [5.41, 5.74) is 4.17. The Morgan fingerprint density at radius 1 is 1.08 bits per heavy atom. The van der Waals surface area contributed by atoms with E-state index in [1.54, 1.807) is 11.8 Å². The summed E-state index contributed by atoms with van der Waals surface area (Å²) in [5, 5.41) is 1.01. The average Bonchev–Trinajstić information content (AvgIpc) is 3.29. The first-order valence-electron chi connectivity index (χ1n) is 8.65. The number of carbonyl (C=O) groups is 1. The zero-order chi connectivity index (χ0) is 17.2. The molecule has 1 aliphatic rings. The number of nitrogens with zero attached hydrogens (tertiary/aromatic N) is 3. The summed E-state index contributed by atoms with van der Waals surface area (Å²) >= 11 is 1.72. The van der Waals surface area contributed by atoms with Crippen LogP contribution in [-0.2, 0) is 12.8 Å². The van der Waals surface area contributed by atoms with Gasteiger partial charge in [0, 0.05) is 31.5 Å². The van der Waals surface area contributed by atoms with Crippen molar-refractivity contribution in [2.75, 3.05) is 13.1 Å². The fraction of sp³-hybridized carbons (Fsp3) is 0.300. The Hall–Kier alpha value is -2.27. The minimum atomic E-state index is 0.159. The smallest absolute Gasteiger partial charge is 0.253 e. The van der Waals surface area contributed by atoms with E-state index in [1.165, 1.54) is 5.56 Å². The minimum Gasteiger partial charge on any atom is -0.339 e. The van der Waals surface area contributed by atoms with Gasteiger partial charge < -0.3 is 9.47 Å². The number of hydrogen-bond acceptors (Lipinski definition) is 3. The Labute approximate surface area is 151 Å². The highest BCUT2D eigenvalue weighted by Crippen LogP contribution is 2.26. The second kappa shape index (κ2) is 6.92. The van der Waals surface area contributed by atoms with Crippen LogP contribution >= 0.6 is 11.8 Å². The molecule has 1 aliphatic heterocycles. The molecule has 0 atom stereocenters. The van der Waals surface area contributed by atoms with Crippen molar-refractivity contribution in [3.63, 3.8) is 0 Å². The zero-order valence-electron chi connectivity index (χ0n) is 14.3. The second-order valence-corrected chi connectivity index (χ2v) is 7.37. The van der Waals surface area contributed by atoms with E-state index in [4.69, 9.17) is 4.98 Å². The molecule has 0 saturated carbocycles. The molecule has 3 aromatic rings. The molecule has 2 aromatic carbocycles. The molecule has 0 bridgehead atoms. The van der Waals surface area contributed by atoms with Crippen molar-refractivity contribution in [2.45, 2.75) is 23.8 Å². The van der Waals surface area contributed by atoms with Crippen LogP contribution in [0.5, 0.6) is 0 Å². The van der Waals surface area contributed by atoms with Crippen LogP contribution < -0.4 is 0 Å². The van der Waals surface area contributed by atoms with Crippen molar-refractivity contribution in [3.8, 4) is 0 Å². The summed E-state index contributed by atoms with van der Waals surface area (Å²) in [6.07, 6.45) is 2.25. The number of amides is 1. The summed E-state index contributed by atoms with van der Waals surface area (Å²) in [4.78, 5) is 19.0. The third kappa shape index (κ3) is 3.29. The topological polar surface area (TPSA) is 38.1 Å². The number of para-hydroxylation sites is 2. The molecule has 1 saturated heterocycles. The van der Waals surface area contributed by atoms with Gasteiger partial charge in [0.05, 0.1) is 11.0 Å². The van der Waals surface area contributed by atoms with Crippen LogP contribution in [0.1, 0.15) is 28.8 Å². The normalized spacial score (nSPS) is 14.4. The molecule has 0 N–H and O–H groups in total. The van der Waals surface area contributed by atoms with E-state index in [0.29, 0.717) is 0 Å². The van der Waals surface area contributed by atoms with Gasteiger partial charge in [-0.05, 0) is 42.7 Å². The molecular formula is C20H21N3OS. The van der Waals surface area contributed by atoms with Crippen LogP contribution in [0.2, 0.25) is 0 Å². The molecule has 0 spiro atoms. The van der Waals surface area contributed by atoms with Gasteiger partial charge in [-0.3, -0.25) is 4.79 Å². The number of hydrogen-bond donors (Lipinski definition) is 0. The van der Waals surface area contributed by atoms with Crippen LogP contribution in [0.15, 0.2) is 53.7 Å². The Morgan fingerprint density at radius 3 is 2.52 bits per heavy atom. The number of carbonyl (C=O) groups excluding carboxylic acids is 1. The fourth-order valence-electron chi connectivity index (χ4n) is 3.25. The molecule has 5 heteroatoms. The quantitative estimate of drug-likeness (QED) is 0.664. The molecule has 1 fully saturated rings. The van der Waals surface area contributed by atoms with Crippen LogP contribution in [0.4, 0.5) is 0 Å². The number of rotatable bonds is 4. The number of aryl methyl sites for hydroxylation is 1. The Morgan fingerprint density at radius 2 is 1.80 bits per heavy atom. The lowest BCUT2D eigenvalue weighted by molar-refractivity contribution is 0.0793. The number of likely N-dealkylation sites (tertiary alicyclic amines) is 1. The van der Waals surface area contributed by atoms with Crippen molar-refractivity contribution >= 4 is 28.7 Å². The monoisotopic (exact) mass is 351 g/mol. The van der Waals surface area contributed by atoms with Gasteiger partial charge >= 0.3 is 0 Å². The van der Waals surface area contributed by atoms with Crippen LogP contribution in [-0.4, -0.2) is 33.4 Å². The predicted octanol–water partition coefficient (Wildman–Crippen LogP) is 4.10. The highest BCUT2D eigenvalue weighted by Gasteiger charge is 2.19. The largest absolute Gasteiger partial charge is 0.339 e. The third-order valence-corrected chi connectivity index (χ3v) is 5.81. The first-order valence-corrected chi connectivity index (χ1v) is 9.63. The van der Waals surface area contributed by atoms with Crippen molar-refractivity contribution in [1.29, 1.82) is 0 Å². The van der Waals surface area contributed by atoms with Crippen molar-refractivity contribution < 1.29 is 4.79 Å². The highest BCUT2D eigenvalue weighted by molar-refractivity contribution is 7.98. The minimum absolute atomic E-state index is 0.159. The Bertz CT molecular complexity index is 895. The van der Waals surface area contributed by atoms with E-state index in [9.17, 15) is 4.79 Å². The highest BCUT2D eigenvalue weighted by atomic mass is 32.2. The lowest BCUT2D eigenvalue weighted by Gasteiger charge is -2.15. The van der Waals surface area contributed by atoms with E-state index in [0.717, 1.165) is 53.4 Å². The molecule has 4 nitrogen and oxygen atoms in total. The van der Waals surface area contributed by atoms with E-state index < -0.39 is 0 Å². The average molecular weight is 351 g/mol. The molecule has 4 rings (SSSR count). The summed E-state index contributed by atoms with van der Waals surface area (Å²) < 4.78 is 2.13. The third-order valence-electron chi connectivity index (χ3n) is 4.71. The van der Waals surface area contributed by atoms with Gasteiger partial charge in [-0.25, -0.2) is 4.98 Å². The molecule has 0 unspecified atom stereocenters. The predicted molar refractivity (Wildman–Crippen MR) is 102 cm³/mol. The van der Waals surface area contributed by atoms with Gasteiger partial charge in [0.15, 0.2) is 5.16 Å². The maximum atomic E-state index is 12.4. The van der Waals surface area contributed by atoms with Gasteiger partial charge in [0.25, 0.3) is 5.91 Å². The fourth-order valence-corrected chi connectivity index (χ4v) is 4.19. The SMILES string of the molecule is Cn1c(SCc2ccc(C(=O)N3CCCC3)cc2)nc2ccccc21. The number of imidazole rings is 1. The maximum absolute atomic E-state index is 12.4. The van der Waals surface area contributed by atoms with E-state index in [2.05, 4.69) is 29.8 Å². The molecule has 2 heterocycles. The number of aromatic nitrogens is 2. The first kappa shape index (κ1) is 16.2. The number of thioether (sulfide) groups is 1. The van der Waals surface area contributed by atoms with Gasteiger partial charge in [-0.1, -0.05) is 36.0 Å². The van der Waals surface area contributed by atoms with Crippen molar-refractivity contribution in [3.05, 3.63) is 59.7 Å². The Balaban J connectivity index is 1.44.